The molecule has 3 heteroatoms. The lowest BCUT2D eigenvalue weighted by Crippen LogP contribution is -2.32. The lowest BCUT2D eigenvalue weighted by molar-refractivity contribution is -0.0180. The van der Waals surface area contributed by atoms with E-state index in [0.29, 0.717) is 6.61 Å². The van der Waals surface area contributed by atoms with E-state index >= 15 is 0 Å². The molecule has 2 aromatic carbocycles. The third-order valence-electron chi connectivity index (χ3n) is 4.13. The third kappa shape index (κ3) is 1.98. The minimum Gasteiger partial charge on any atom is -0.359 e. The fourth-order valence-corrected chi connectivity index (χ4v) is 3.12. The SMILES string of the molecule is c1ccc(C2(Cn3ccnc3)OCc3ccccc32)cc1. The molecule has 1 unspecified atom stereocenters. The van der Waals surface area contributed by atoms with Crippen LogP contribution in [0.25, 0.3) is 0 Å². The number of ether oxygens (including phenoxy) is 1. The van der Waals surface area contributed by atoms with Crippen molar-refractivity contribution >= 4 is 0 Å². The van der Waals surface area contributed by atoms with Crippen LogP contribution in [0.3, 0.4) is 0 Å². The third-order valence-corrected chi connectivity index (χ3v) is 4.13. The Bertz CT molecular complexity index is 737. The number of aromatic nitrogens is 2. The lowest BCUT2D eigenvalue weighted by Gasteiger charge is -2.30. The summed E-state index contributed by atoms with van der Waals surface area (Å²) >= 11 is 0. The molecule has 3 nitrogen and oxygen atoms in total. The quantitative estimate of drug-likeness (QED) is 0.733. The number of imidazole rings is 1. The first-order valence-corrected chi connectivity index (χ1v) is 7.12. The van der Waals surface area contributed by atoms with E-state index in [1.54, 1.807) is 6.20 Å². The summed E-state index contributed by atoms with van der Waals surface area (Å²) in [6.45, 7) is 1.38. The second-order valence-corrected chi connectivity index (χ2v) is 5.37. The summed E-state index contributed by atoms with van der Waals surface area (Å²) < 4.78 is 8.40. The second-order valence-electron chi connectivity index (χ2n) is 5.37. The summed E-state index contributed by atoms with van der Waals surface area (Å²) in [6.07, 6.45) is 5.63. The average molecular weight is 276 g/mol. The van der Waals surface area contributed by atoms with Gasteiger partial charge in [0, 0.05) is 12.4 Å². The van der Waals surface area contributed by atoms with Gasteiger partial charge in [-0.15, -0.1) is 0 Å². The van der Waals surface area contributed by atoms with E-state index in [0.717, 1.165) is 6.54 Å². The number of rotatable bonds is 3. The Kier molecular flexibility index (Phi) is 2.86. The molecule has 0 radical (unpaired) electrons. The van der Waals surface area contributed by atoms with E-state index < -0.39 is 5.60 Å². The maximum Gasteiger partial charge on any atom is 0.137 e. The number of fused-ring (bicyclic) bond motifs is 1. The number of nitrogens with zero attached hydrogens (tertiary/aromatic N) is 2. The van der Waals surface area contributed by atoms with Crippen LogP contribution in [0.15, 0.2) is 73.3 Å². The van der Waals surface area contributed by atoms with Gasteiger partial charge in [-0.1, -0.05) is 54.6 Å². The van der Waals surface area contributed by atoms with Crippen molar-refractivity contribution in [1.82, 2.24) is 9.55 Å². The van der Waals surface area contributed by atoms with Crippen molar-refractivity contribution in [2.45, 2.75) is 18.8 Å². The monoisotopic (exact) mass is 276 g/mol. The standard InChI is InChI=1S/C18H16N2O/c1-2-7-16(8-3-1)18(13-20-11-10-19-14-20)17-9-5-4-6-15(17)12-21-18/h1-11,14H,12-13H2. The Labute approximate surface area is 123 Å². The van der Waals surface area contributed by atoms with Gasteiger partial charge in [0.25, 0.3) is 0 Å². The summed E-state index contributed by atoms with van der Waals surface area (Å²) in [5.41, 5.74) is 3.27. The minimum absolute atomic E-state index is 0.432. The molecule has 104 valence electrons. The first-order chi connectivity index (χ1) is 10.4. The summed E-state index contributed by atoms with van der Waals surface area (Å²) in [4.78, 5) is 4.15. The van der Waals surface area contributed by atoms with Crippen LogP contribution >= 0.6 is 0 Å². The smallest absolute Gasteiger partial charge is 0.137 e. The van der Waals surface area contributed by atoms with Gasteiger partial charge in [-0.05, 0) is 16.7 Å². The van der Waals surface area contributed by atoms with E-state index in [4.69, 9.17) is 4.74 Å². The predicted molar refractivity (Wildman–Crippen MR) is 80.7 cm³/mol. The minimum atomic E-state index is -0.432. The highest BCUT2D eigenvalue weighted by atomic mass is 16.5. The fourth-order valence-electron chi connectivity index (χ4n) is 3.12. The largest absolute Gasteiger partial charge is 0.359 e. The van der Waals surface area contributed by atoms with Gasteiger partial charge in [-0.3, -0.25) is 0 Å². The Morgan fingerprint density at radius 3 is 2.67 bits per heavy atom. The van der Waals surface area contributed by atoms with Crippen molar-refractivity contribution < 1.29 is 4.74 Å². The predicted octanol–water partition coefficient (Wildman–Crippen LogP) is 3.36. The molecule has 1 aliphatic heterocycles. The molecule has 0 N–H and O–H groups in total. The van der Waals surface area contributed by atoms with E-state index in [1.807, 2.05) is 18.6 Å². The molecular formula is C18H16N2O. The molecule has 0 bridgehead atoms. The van der Waals surface area contributed by atoms with Crippen molar-refractivity contribution in [2.24, 2.45) is 0 Å². The van der Waals surface area contributed by atoms with Gasteiger partial charge in [-0.2, -0.15) is 0 Å². The van der Waals surface area contributed by atoms with Crippen LogP contribution < -0.4 is 0 Å². The van der Waals surface area contributed by atoms with Crippen LogP contribution in [-0.2, 0) is 23.5 Å². The zero-order valence-corrected chi connectivity index (χ0v) is 11.6. The molecule has 1 aliphatic rings. The van der Waals surface area contributed by atoms with Gasteiger partial charge in [0.1, 0.15) is 5.60 Å². The number of benzene rings is 2. The van der Waals surface area contributed by atoms with Crippen LogP contribution in [0.4, 0.5) is 0 Å². The maximum atomic E-state index is 6.32. The first kappa shape index (κ1) is 12.4. The zero-order valence-electron chi connectivity index (χ0n) is 11.6. The summed E-state index contributed by atoms with van der Waals surface area (Å²) in [6, 6.07) is 18.9. The molecule has 0 fully saturated rings. The van der Waals surface area contributed by atoms with E-state index in [-0.39, 0.29) is 0 Å². The normalized spacial score (nSPS) is 20.4. The topological polar surface area (TPSA) is 27.1 Å². The van der Waals surface area contributed by atoms with Crippen LogP contribution in [0.2, 0.25) is 0 Å². The van der Waals surface area contributed by atoms with Gasteiger partial charge in [0.15, 0.2) is 0 Å². The van der Waals surface area contributed by atoms with Crippen molar-refractivity contribution in [1.29, 1.82) is 0 Å². The Morgan fingerprint density at radius 2 is 1.86 bits per heavy atom. The molecule has 3 aromatic rings. The van der Waals surface area contributed by atoms with Crippen molar-refractivity contribution in [3.8, 4) is 0 Å². The zero-order chi connectivity index (χ0) is 14.1. The highest BCUT2D eigenvalue weighted by molar-refractivity contribution is 5.43. The Morgan fingerprint density at radius 1 is 1.05 bits per heavy atom. The molecule has 0 spiro atoms. The van der Waals surface area contributed by atoms with E-state index in [9.17, 15) is 0 Å². The number of hydrogen-bond acceptors (Lipinski definition) is 2. The molecule has 0 aliphatic carbocycles. The molecule has 2 heterocycles. The van der Waals surface area contributed by atoms with Crippen LogP contribution in [0, 0.1) is 0 Å². The molecule has 0 saturated heterocycles. The fraction of sp³-hybridized carbons (Fsp3) is 0.167. The van der Waals surface area contributed by atoms with Crippen LogP contribution in [0.5, 0.6) is 0 Å². The molecule has 1 aromatic heterocycles. The van der Waals surface area contributed by atoms with E-state index in [2.05, 4.69) is 58.1 Å². The van der Waals surface area contributed by atoms with Crippen molar-refractivity contribution in [3.63, 3.8) is 0 Å². The van der Waals surface area contributed by atoms with Gasteiger partial charge in [-0.25, -0.2) is 4.98 Å². The number of hydrogen-bond donors (Lipinski definition) is 0. The second kappa shape index (κ2) is 4.86. The molecule has 0 saturated carbocycles. The summed E-state index contributed by atoms with van der Waals surface area (Å²) in [7, 11) is 0. The molecule has 21 heavy (non-hydrogen) atoms. The highest BCUT2D eigenvalue weighted by Gasteiger charge is 2.41. The van der Waals surface area contributed by atoms with Gasteiger partial charge >= 0.3 is 0 Å². The lowest BCUT2D eigenvalue weighted by atomic mass is 9.85. The first-order valence-electron chi connectivity index (χ1n) is 7.12. The van der Waals surface area contributed by atoms with Crippen molar-refractivity contribution in [3.05, 3.63) is 90.0 Å². The Balaban J connectivity index is 1.88. The molecule has 0 amide bonds. The molecule has 1 atom stereocenters. The summed E-state index contributed by atoms with van der Waals surface area (Å²) in [5, 5.41) is 0. The average Bonchev–Trinajstić information content (AvgIpc) is 3.18. The van der Waals surface area contributed by atoms with Crippen molar-refractivity contribution in [2.75, 3.05) is 0 Å². The van der Waals surface area contributed by atoms with Crippen LogP contribution in [0.1, 0.15) is 16.7 Å². The summed E-state index contributed by atoms with van der Waals surface area (Å²) in [5.74, 6) is 0. The molecular weight excluding hydrogens is 260 g/mol. The van der Waals surface area contributed by atoms with Gasteiger partial charge < -0.3 is 9.30 Å². The molecule has 4 rings (SSSR count). The Hall–Kier alpha value is -2.39. The maximum absolute atomic E-state index is 6.32. The van der Waals surface area contributed by atoms with Gasteiger partial charge in [0.05, 0.1) is 19.5 Å². The highest BCUT2D eigenvalue weighted by Crippen LogP contribution is 2.43. The van der Waals surface area contributed by atoms with Crippen LogP contribution in [-0.4, -0.2) is 9.55 Å². The van der Waals surface area contributed by atoms with Gasteiger partial charge in [0.2, 0.25) is 0 Å². The van der Waals surface area contributed by atoms with E-state index in [1.165, 1.54) is 16.7 Å².